The molecule has 7 nitrogen and oxygen atoms in total. The first-order valence-corrected chi connectivity index (χ1v) is 8.67. The number of aromatic nitrogens is 1. The van der Waals surface area contributed by atoms with E-state index in [2.05, 4.69) is 16.0 Å². The SMILES string of the molecule is CC1(C(=O)NCc2cc3cc(Cl)c(OCC(=N)C=N)cc3[nH]2)CC1.CN. The summed E-state index contributed by atoms with van der Waals surface area (Å²) in [7, 11) is 1.50. The number of benzene rings is 1. The normalized spacial score (nSPS) is 14.2. The lowest BCUT2D eigenvalue weighted by molar-refractivity contribution is -0.125. The number of H-pyrrole nitrogens is 1. The summed E-state index contributed by atoms with van der Waals surface area (Å²) in [5.74, 6) is 0.548. The second-order valence-electron chi connectivity index (χ2n) is 6.37. The number of fused-ring (bicyclic) bond motifs is 1. The largest absolute Gasteiger partial charge is 0.486 e. The lowest BCUT2D eigenvalue weighted by atomic mass is 10.1. The molecule has 2 aromatic rings. The van der Waals surface area contributed by atoms with Crippen LogP contribution < -0.4 is 15.8 Å². The van der Waals surface area contributed by atoms with Gasteiger partial charge in [-0.05, 0) is 32.0 Å². The minimum atomic E-state index is -0.185. The van der Waals surface area contributed by atoms with E-state index in [1.54, 1.807) is 12.1 Å². The third kappa shape index (κ3) is 4.62. The molecule has 0 atom stereocenters. The minimum Gasteiger partial charge on any atom is -0.486 e. The Kier molecular flexibility index (Phi) is 6.39. The zero-order valence-electron chi connectivity index (χ0n) is 14.9. The number of halogens is 1. The second-order valence-corrected chi connectivity index (χ2v) is 6.77. The van der Waals surface area contributed by atoms with Crippen molar-refractivity contribution in [2.24, 2.45) is 11.1 Å². The van der Waals surface area contributed by atoms with Crippen molar-refractivity contribution in [3.63, 3.8) is 0 Å². The number of carbonyl (C=O) groups is 1. The molecule has 1 amide bonds. The Hall–Kier alpha value is -2.38. The highest BCUT2D eigenvalue weighted by Gasteiger charge is 2.44. The molecule has 0 spiro atoms. The van der Waals surface area contributed by atoms with Gasteiger partial charge in [-0.15, -0.1) is 0 Å². The zero-order chi connectivity index (χ0) is 19.3. The van der Waals surface area contributed by atoms with Crippen LogP contribution in [0.15, 0.2) is 18.2 Å². The molecule has 26 heavy (non-hydrogen) atoms. The predicted octanol–water partition coefficient (Wildman–Crippen LogP) is 2.86. The molecule has 1 aromatic carbocycles. The van der Waals surface area contributed by atoms with Crippen LogP contribution >= 0.6 is 11.6 Å². The van der Waals surface area contributed by atoms with E-state index in [-0.39, 0.29) is 23.6 Å². The fraction of sp³-hybridized carbons (Fsp3) is 0.389. The third-order valence-corrected chi connectivity index (χ3v) is 4.57. The average molecular weight is 378 g/mol. The lowest BCUT2D eigenvalue weighted by Gasteiger charge is -2.08. The van der Waals surface area contributed by atoms with E-state index in [0.717, 1.165) is 35.7 Å². The van der Waals surface area contributed by atoms with Crippen molar-refractivity contribution in [1.29, 1.82) is 10.8 Å². The molecule has 3 rings (SSSR count). The molecule has 1 heterocycles. The van der Waals surface area contributed by atoms with E-state index in [1.807, 2.05) is 13.0 Å². The van der Waals surface area contributed by atoms with Gasteiger partial charge in [0.25, 0.3) is 0 Å². The van der Waals surface area contributed by atoms with Gasteiger partial charge in [-0.1, -0.05) is 18.5 Å². The van der Waals surface area contributed by atoms with Crippen LogP contribution in [0.4, 0.5) is 0 Å². The maximum absolute atomic E-state index is 12.0. The van der Waals surface area contributed by atoms with Gasteiger partial charge < -0.3 is 31.6 Å². The van der Waals surface area contributed by atoms with Gasteiger partial charge in [0.1, 0.15) is 12.4 Å². The Balaban J connectivity index is 0.00000117. The van der Waals surface area contributed by atoms with Gasteiger partial charge in [-0.25, -0.2) is 0 Å². The van der Waals surface area contributed by atoms with Crippen molar-refractivity contribution in [3.8, 4) is 5.75 Å². The summed E-state index contributed by atoms with van der Waals surface area (Å²) in [6.07, 6.45) is 2.83. The van der Waals surface area contributed by atoms with Crippen LogP contribution in [0, 0.1) is 16.2 Å². The van der Waals surface area contributed by atoms with Crippen molar-refractivity contribution in [2.45, 2.75) is 26.3 Å². The van der Waals surface area contributed by atoms with Crippen molar-refractivity contribution in [1.82, 2.24) is 10.3 Å². The van der Waals surface area contributed by atoms with Crippen LogP contribution in [0.1, 0.15) is 25.5 Å². The number of aromatic amines is 1. The number of nitrogens with one attached hydrogen (secondary N) is 4. The first kappa shape index (κ1) is 19.9. The maximum Gasteiger partial charge on any atom is 0.226 e. The Morgan fingerprint density at radius 2 is 2.12 bits per heavy atom. The molecular formula is C18H24ClN5O2. The molecule has 0 unspecified atom stereocenters. The summed E-state index contributed by atoms with van der Waals surface area (Å²) in [6.45, 7) is 2.41. The van der Waals surface area contributed by atoms with E-state index in [4.69, 9.17) is 27.2 Å². The molecule has 0 bridgehead atoms. The van der Waals surface area contributed by atoms with E-state index in [1.165, 1.54) is 7.05 Å². The number of hydrogen-bond donors (Lipinski definition) is 5. The molecule has 1 aliphatic rings. The van der Waals surface area contributed by atoms with Crippen molar-refractivity contribution >= 4 is 40.3 Å². The Morgan fingerprint density at radius 3 is 2.73 bits per heavy atom. The molecular weight excluding hydrogens is 354 g/mol. The molecule has 1 aromatic heterocycles. The summed E-state index contributed by atoms with van der Waals surface area (Å²) in [5.41, 5.74) is 6.12. The maximum atomic E-state index is 12.0. The molecule has 0 saturated heterocycles. The molecule has 0 aliphatic heterocycles. The van der Waals surface area contributed by atoms with Crippen molar-refractivity contribution in [3.05, 3.63) is 28.9 Å². The summed E-state index contributed by atoms with van der Waals surface area (Å²) < 4.78 is 5.46. The highest BCUT2D eigenvalue weighted by Crippen LogP contribution is 2.45. The quantitative estimate of drug-likeness (QED) is 0.476. The highest BCUT2D eigenvalue weighted by atomic mass is 35.5. The third-order valence-electron chi connectivity index (χ3n) is 4.27. The van der Waals surface area contributed by atoms with E-state index in [0.29, 0.717) is 17.3 Å². The summed E-state index contributed by atoms with van der Waals surface area (Å²) in [4.78, 5) is 15.2. The highest BCUT2D eigenvalue weighted by molar-refractivity contribution is 6.33. The average Bonchev–Trinajstić information content (AvgIpc) is 3.28. The van der Waals surface area contributed by atoms with Gasteiger partial charge >= 0.3 is 0 Å². The Morgan fingerprint density at radius 1 is 1.42 bits per heavy atom. The number of carbonyl (C=O) groups excluding carboxylic acids is 1. The summed E-state index contributed by atoms with van der Waals surface area (Å²) >= 11 is 6.20. The van der Waals surface area contributed by atoms with Crippen LogP contribution in [0.2, 0.25) is 5.02 Å². The fourth-order valence-electron chi connectivity index (χ4n) is 2.40. The number of nitrogens with two attached hydrogens (primary N) is 1. The van der Waals surface area contributed by atoms with Crippen molar-refractivity contribution in [2.75, 3.05) is 13.7 Å². The number of ether oxygens (including phenoxy) is 1. The van der Waals surface area contributed by atoms with Crippen LogP contribution in [0.5, 0.6) is 5.75 Å². The van der Waals surface area contributed by atoms with Crippen LogP contribution in [-0.2, 0) is 11.3 Å². The van der Waals surface area contributed by atoms with Crippen LogP contribution in [-0.4, -0.2) is 36.5 Å². The fourth-order valence-corrected chi connectivity index (χ4v) is 2.63. The van der Waals surface area contributed by atoms with Gasteiger partial charge in [-0.2, -0.15) is 0 Å². The van der Waals surface area contributed by atoms with Crippen molar-refractivity contribution < 1.29 is 9.53 Å². The van der Waals surface area contributed by atoms with E-state index < -0.39 is 0 Å². The minimum absolute atomic E-state index is 0.00304. The predicted molar refractivity (Wildman–Crippen MR) is 105 cm³/mol. The van der Waals surface area contributed by atoms with Gasteiger partial charge in [0.15, 0.2) is 0 Å². The number of hydrogen-bond acceptors (Lipinski definition) is 5. The molecule has 1 aliphatic carbocycles. The first-order valence-electron chi connectivity index (χ1n) is 8.29. The Labute approximate surface area is 157 Å². The van der Waals surface area contributed by atoms with E-state index in [9.17, 15) is 4.79 Å². The molecule has 0 radical (unpaired) electrons. The zero-order valence-corrected chi connectivity index (χ0v) is 15.7. The second kappa shape index (κ2) is 8.33. The Bertz CT molecular complexity index is 826. The van der Waals surface area contributed by atoms with Crippen LogP contribution in [0.3, 0.4) is 0 Å². The standard InChI is InChI=1S/C17H19ClN4O2.CH5N/c1-17(2-3-17)16(23)21-8-12-4-10-5-13(18)15(6-14(10)22-12)24-9-11(20)7-19;1-2/h4-7,19-20,22H,2-3,8-9H2,1H3,(H,21,23);2H2,1H3. The molecule has 8 heteroatoms. The van der Waals surface area contributed by atoms with Gasteiger partial charge in [0.2, 0.25) is 5.91 Å². The lowest BCUT2D eigenvalue weighted by Crippen LogP contribution is -2.29. The number of amides is 1. The van der Waals surface area contributed by atoms with Crippen LogP contribution in [0.25, 0.3) is 10.9 Å². The monoisotopic (exact) mass is 377 g/mol. The molecule has 1 saturated carbocycles. The first-order chi connectivity index (χ1) is 12.4. The van der Waals surface area contributed by atoms with Gasteiger partial charge in [0.05, 0.1) is 17.3 Å². The molecule has 6 N–H and O–H groups in total. The smallest absolute Gasteiger partial charge is 0.226 e. The topological polar surface area (TPSA) is 128 Å². The number of rotatable bonds is 7. The van der Waals surface area contributed by atoms with E-state index >= 15 is 0 Å². The molecule has 1 fully saturated rings. The van der Waals surface area contributed by atoms with Gasteiger partial charge in [-0.3, -0.25) is 4.79 Å². The van der Waals surface area contributed by atoms with Gasteiger partial charge in [0, 0.05) is 34.3 Å². The summed E-state index contributed by atoms with van der Waals surface area (Å²) in [5, 5.41) is 18.7. The summed E-state index contributed by atoms with van der Waals surface area (Å²) in [6, 6.07) is 5.49. The molecule has 140 valence electrons.